The van der Waals surface area contributed by atoms with Crippen molar-refractivity contribution in [3.05, 3.63) is 54.1 Å². The normalized spacial score (nSPS) is 17.4. The number of carbonyl (C=O) groups excluding carboxylic acids is 1. The number of aromatic nitrogens is 1. The minimum Gasteiger partial charge on any atom is -0.359 e. The largest absolute Gasteiger partial charge is 0.359 e. The summed E-state index contributed by atoms with van der Waals surface area (Å²) in [6.07, 6.45) is 6.79. The van der Waals surface area contributed by atoms with Crippen molar-refractivity contribution in [1.82, 2.24) is 10.5 Å². The summed E-state index contributed by atoms with van der Waals surface area (Å²) in [5.41, 5.74) is 1.41. The number of halogens is 1. The standard InChI is InChI=1S/C17H17FN2O2/c18-14-8-6-12(7-9-14)16-10-15(22-20-16)11-19-17(21)13-4-2-1-3-5-13/h1-2,6-10,13H,3-5,11H2,(H,19,21)/t13-/m1/s1. The predicted octanol–water partition coefficient (Wildman–Crippen LogP) is 3.45. The van der Waals surface area contributed by atoms with E-state index >= 15 is 0 Å². The SMILES string of the molecule is O=C(NCc1cc(-c2ccc(F)cc2)no1)[C@@H]1CC=CCC1. The van der Waals surface area contributed by atoms with Crippen LogP contribution in [0.25, 0.3) is 11.3 Å². The molecule has 0 saturated carbocycles. The van der Waals surface area contributed by atoms with Crippen LogP contribution < -0.4 is 5.32 Å². The summed E-state index contributed by atoms with van der Waals surface area (Å²) in [5.74, 6) is 0.383. The predicted molar refractivity (Wildman–Crippen MR) is 80.2 cm³/mol. The number of carbonyl (C=O) groups is 1. The molecule has 1 aromatic carbocycles. The van der Waals surface area contributed by atoms with Gasteiger partial charge >= 0.3 is 0 Å². The lowest BCUT2D eigenvalue weighted by molar-refractivity contribution is -0.125. The van der Waals surface area contributed by atoms with E-state index in [1.807, 2.05) is 0 Å². The molecule has 1 heterocycles. The first kappa shape index (κ1) is 14.5. The Kier molecular flexibility index (Phi) is 4.32. The Morgan fingerprint density at radius 1 is 1.32 bits per heavy atom. The molecule has 1 aromatic heterocycles. The van der Waals surface area contributed by atoms with Gasteiger partial charge in [-0.1, -0.05) is 17.3 Å². The number of hydrogen-bond acceptors (Lipinski definition) is 3. The van der Waals surface area contributed by atoms with E-state index in [0.29, 0.717) is 18.0 Å². The van der Waals surface area contributed by atoms with Crippen molar-refractivity contribution < 1.29 is 13.7 Å². The van der Waals surface area contributed by atoms with Crippen LogP contribution in [0.5, 0.6) is 0 Å². The summed E-state index contributed by atoms with van der Waals surface area (Å²) in [6.45, 7) is 0.313. The lowest BCUT2D eigenvalue weighted by Crippen LogP contribution is -2.30. The van der Waals surface area contributed by atoms with Crippen LogP contribution in [0.1, 0.15) is 25.0 Å². The fourth-order valence-corrected chi connectivity index (χ4v) is 2.50. The minimum absolute atomic E-state index is 0.0454. The highest BCUT2D eigenvalue weighted by molar-refractivity contribution is 5.78. The topological polar surface area (TPSA) is 55.1 Å². The molecule has 1 aliphatic carbocycles. The van der Waals surface area contributed by atoms with Crippen LogP contribution in [0, 0.1) is 11.7 Å². The first-order valence-corrected chi connectivity index (χ1v) is 7.36. The van der Waals surface area contributed by atoms with Crippen molar-refractivity contribution in [3.63, 3.8) is 0 Å². The number of benzene rings is 1. The third-order valence-corrected chi connectivity index (χ3v) is 3.78. The van der Waals surface area contributed by atoms with Crippen LogP contribution >= 0.6 is 0 Å². The second-order valence-electron chi connectivity index (χ2n) is 5.38. The molecule has 0 saturated heterocycles. The van der Waals surface area contributed by atoms with Crippen molar-refractivity contribution in [3.8, 4) is 11.3 Å². The fraction of sp³-hybridized carbons (Fsp3) is 0.294. The number of nitrogens with one attached hydrogen (secondary N) is 1. The van der Waals surface area contributed by atoms with E-state index in [9.17, 15) is 9.18 Å². The Hall–Kier alpha value is -2.43. The number of rotatable bonds is 4. The van der Waals surface area contributed by atoms with Crippen LogP contribution in [-0.4, -0.2) is 11.1 Å². The molecular formula is C17H17FN2O2. The molecule has 0 bridgehead atoms. The van der Waals surface area contributed by atoms with Crippen LogP contribution in [-0.2, 0) is 11.3 Å². The number of amides is 1. The van der Waals surface area contributed by atoms with Crippen LogP contribution in [0.15, 0.2) is 47.0 Å². The summed E-state index contributed by atoms with van der Waals surface area (Å²) in [5, 5.41) is 6.82. The summed E-state index contributed by atoms with van der Waals surface area (Å²) in [4.78, 5) is 12.0. The van der Waals surface area contributed by atoms with E-state index in [1.54, 1.807) is 18.2 Å². The van der Waals surface area contributed by atoms with Crippen molar-refractivity contribution in [2.45, 2.75) is 25.8 Å². The zero-order valence-electron chi connectivity index (χ0n) is 12.1. The monoisotopic (exact) mass is 300 g/mol. The molecular weight excluding hydrogens is 283 g/mol. The Balaban J connectivity index is 1.58. The quantitative estimate of drug-likeness (QED) is 0.880. The van der Waals surface area contributed by atoms with Crippen molar-refractivity contribution in [2.24, 2.45) is 5.92 Å². The smallest absolute Gasteiger partial charge is 0.223 e. The summed E-state index contributed by atoms with van der Waals surface area (Å²) in [7, 11) is 0. The van der Waals surface area contributed by atoms with Gasteiger partial charge in [0.05, 0.1) is 6.54 Å². The second kappa shape index (κ2) is 6.56. The van der Waals surface area contributed by atoms with E-state index in [1.165, 1.54) is 12.1 Å². The van der Waals surface area contributed by atoms with Gasteiger partial charge in [-0.05, 0) is 43.5 Å². The maximum Gasteiger partial charge on any atom is 0.223 e. The van der Waals surface area contributed by atoms with Gasteiger partial charge in [-0.3, -0.25) is 4.79 Å². The Morgan fingerprint density at radius 3 is 2.86 bits per heavy atom. The first-order chi connectivity index (χ1) is 10.7. The molecule has 0 fully saturated rings. The molecule has 1 aliphatic rings. The Bertz CT molecular complexity index is 676. The van der Waals surface area contributed by atoms with Crippen molar-refractivity contribution in [1.29, 1.82) is 0 Å². The van der Waals surface area contributed by atoms with Crippen LogP contribution in [0.2, 0.25) is 0 Å². The average molecular weight is 300 g/mol. The highest BCUT2D eigenvalue weighted by atomic mass is 19.1. The fourth-order valence-electron chi connectivity index (χ4n) is 2.50. The van der Waals surface area contributed by atoms with E-state index < -0.39 is 0 Å². The number of nitrogens with zero attached hydrogens (tertiary/aromatic N) is 1. The van der Waals surface area contributed by atoms with Gasteiger partial charge < -0.3 is 9.84 Å². The van der Waals surface area contributed by atoms with Gasteiger partial charge in [0.2, 0.25) is 5.91 Å². The lowest BCUT2D eigenvalue weighted by Gasteiger charge is -2.16. The molecule has 0 unspecified atom stereocenters. The summed E-state index contributed by atoms with van der Waals surface area (Å²) >= 11 is 0. The minimum atomic E-state index is -0.290. The zero-order chi connectivity index (χ0) is 15.4. The second-order valence-corrected chi connectivity index (χ2v) is 5.38. The van der Waals surface area contributed by atoms with Gasteiger partial charge in [0, 0.05) is 17.5 Å². The zero-order valence-corrected chi connectivity index (χ0v) is 12.1. The van der Waals surface area contributed by atoms with E-state index in [4.69, 9.17) is 4.52 Å². The third-order valence-electron chi connectivity index (χ3n) is 3.78. The molecule has 3 rings (SSSR count). The summed E-state index contributed by atoms with van der Waals surface area (Å²) < 4.78 is 18.1. The van der Waals surface area contributed by atoms with Gasteiger partial charge in [0.1, 0.15) is 11.5 Å². The molecule has 5 heteroatoms. The van der Waals surface area contributed by atoms with Gasteiger partial charge in [-0.15, -0.1) is 0 Å². The van der Waals surface area contributed by atoms with E-state index in [2.05, 4.69) is 22.6 Å². The molecule has 0 aliphatic heterocycles. The number of allylic oxidation sites excluding steroid dienone is 2. The Labute approximate surface area is 128 Å². The van der Waals surface area contributed by atoms with Gasteiger partial charge in [0.25, 0.3) is 0 Å². The molecule has 1 N–H and O–H groups in total. The lowest BCUT2D eigenvalue weighted by atomic mass is 9.94. The maximum atomic E-state index is 12.9. The van der Waals surface area contributed by atoms with Crippen LogP contribution in [0.4, 0.5) is 4.39 Å². The highest BCUT2D eigenvalue weighted by Crippen LogP contribution is 2.20. The number of hydrogen-bond donors (Lipinski definition) is 1. The molecule has 0 spiro atoms. The van der Waals surface area contributed by atoms with Gasteiger partial charge in [-0.25, -0.2) is 4.39 Å². The molecule has 1 atom stereocenters. The molecule has 0 radical (unpaired) electrons. The molecule has 1 amide bonds. The molecule has 4 nitrogen and oxygen atoms in total. The first-order valence-electron chi connectivity index (χ1n) is 7.36. The average Bonchev–Trinajstić information content (AvgIpc) is 3.03. The molecule has 2 aromatic rings. The van der Waals surface area contributed by atoms with Gasteiger partial charge in [-0.2, -0.15) is 0 Å². The van der Waals surface area contributed by atoms with E-state index in [0.717, 1.165) is 24.8 Å². The van der Waals surface area contributed by atoms with Crippen molar-refractivity contribution in [2.75, 3.05) is 0 Å². The maximum absolute atomic E-state index is 12.9. The van der Waals surface area contributed by atoms with E-state index in [-0.39, 0.29) is 17.6 Å². The van der Waals surface area contributed by atoms with Crippen molar-refractivity contribution >= 4 is 5.91 Å². The molecule has 114 valence electrons. The Morgan fingerprint density at radius 2 is 2.14 bits per heavy atom. The molecule has 22 heavy (non-hydrogen) atoms. The summed E-state index contributed by atoms with van der Waals surface area (Å²) in [6, 6.07) is 7.80. The van der Waals surface area contributed by atoms with Crippen LogP contribution in [0.3, 0.4) is 0 Å². The highest BCUT2D eigenvalue weighted by Gasteiger charge is 2.18. The third kappa shape index (κ3) is 3.42. The van der Waals surface area contributed by atoms with Gasteiger partial charge in [0.15, 0.2) is 5.76 Å².